The Morgan fingerprint density at radius 1 is 1.47 bits per heavy atom. The lowest BCUT2D eigenvalue weighted by atomic mass is 9.94. The smallest absolute Gasteiger partial charge is 0.407 e. The van der Waals surface area contributed by atoms with Gasteiger partial charge in [-0.15, -0.1) is 0 Å². The maximum atomic E-state index is 10.9. The van der Waals surface area contributed by atoms with Gasteiger partial charge in [0, 0.05) is 4.48 Å². The summed E-state index contributed by atoms with van der Waals surface area (Å²) in [4.78, 5) is 10.9. The van der Waals surface area contributed by atoms with Crippen molar-refractivity contribution in [2.24, 2.45) is 0 Å². The SMILES string of the molecule is COC(=O)N[C@@H]1C(Br)=C[C@@H](O)[C@@H](O)[C@H]1O. The second-order valence-corrected chi connectivity index (χ2v) is 4.05. The van der Waals surface area contributed by atoms with Gasteiger partial charge in [-0.25, -0.2) is 4.79 Å². The molecule has 1 aliphatic rings. The average Bonchev–Trinajstić information content (AvgIpc) is 2.21. The van der Waals surface area contributed by atoms with E-state index in [9.17, 15) is 20.1 Å². The topological polar surface area (TPSA) is 99.0 Å². The summed E-state index contributed by atoms with van der Waals surface area (Å²) in [5.41, 5.74) is 0. The number of methoxy groups -OCH3 is 1. The maximum absolute atomic E-state index is 10.9. The molecule has 86 valence electrons. The molecule has 6 nitrogen and oxygen atoms in total. The van der Waals surface area contributed by atoms with Crippen LogP contribution >= 0.6 is 15.9 Å². The molecule has 4 atom stereocenters. The molecule has 1 aliphatic carbocycles. The van der Waals surface area contributed by atoms with Gasteiger partial charge < -0.3 is 25.4 Å². The summed E-state index contributed by atoms with van der Waals surface area (Å²) >= 11 is 3.08. The molecule has 0 saturated heterocycles. The highest BCUT2D eigenvalue weighted by atomic mass is 79.9. The van der Waals surface area contributed by atoms with Gasteiger partial charge >= 0.3 is 6.09 Å². The first kappa shape index (κ1) is 12.4. The van der Waals surface area contributed by atoms with E-state index in [1.54, 1.807) is 0 Å². The van der Waals surface area contributed by atoms with Crippen molar-refractivity contribution in [3.8, 4) is 0 Å². The Balaban J connectivity index is 2.79. The Kier molecular flexibility index (Phi) is 4.09. The molecular formula is C8H12BrNO5. The molecule has 0 bridgehead atoms. The molecule has 0 aromatic rings. The van der Waals surface area contributed by atoms with E-state index in [2.05, 4.69) is 26.0 Å². The molecule has 0 aliphatic heterocycles. The summed E-state index contributed by atoms with van der Waals surface area (Å²) in [6.45, 7) is 0. The quantitative estimate of drug-likeness (QED) is 0.499. The lowest BCUT2D eigenvalue weighted by Crippen LogP contribution is -2.54. The first-order valence-electron chi connectivity index (χ1n) is 4.23. The highest BCUT2D eigenvalue weighted by Crippen LogP contribution is 2.24. The van der Waals surface area contributed by atoms with Crippen LogP contribution in [-0.2, 0) is 4.74 Å². The first-order chi connectivity index (χ1) is 6.97. The highest BCUT2D eigenvalue weighted by molar-refractivity contribution is 9.11. The summed E-state index contributed by atoms with van der Waals surface area (Å²) in [6, 6.07) is -0.823. The predicted molar refractivity (Wildman–Crippen MR) is 54.4 cm³/mol. The molecule has 0 unspecified atom stereocenters. The molecule has 15 heavy (non-hydrogen) atoms. The lowest BCUT2D eigenvalue weighted by molar-refractivity contribution is -0.0565. The summed E-state index contributed by atoms with van der Waals surface area (Å²) in [6.07, 6.45) is -3.22. The molecule has 7 heteroatoms. The van der Waals surface area contributed by atoms with Crippen molar-refractivity contribution < 1.29 is 24.9 Å². The molecule has 0 aromatic carbocycles. The summed E-state index contributed by atoms with van der Waals surface area (Å²) in [5, 5.41) is 30.5. The number of aliphatic hydroxyl groups excluding tert-OH is 3. The van der Waals surface area contributed by atoms with E-state index in [4.69, 9.17) is 0 Å². The van der Waals surface area contributed by atoms with Crippen molar-refractivity contribution in [1.82, 2.24) is 5.32 Å². The number of nitrogens with one attached hydrogen (secondary N) is 1. The van der Waals surface area contributed by atoms with Gasteiger partial charge in [-0.2, -0.15) is 0 Å². The van der Waals surface area contributed by atoms with E-state index in [1.807, 2.05) is 0 Å². The third-order valence-electron chi connectivity index (χ3n) is 2.13. The molecule has 0 spiro atoms. The molecule has 1 rings (SSSR count). The van der Waals surface area contributed by atoms with Gasteiger partial charge in [-0.05, 0) is 6.08 Å². The van der Waals surface area contributed by atoms with Gasteiger partial charge in [0.25, 0.3) is 0 Å². The number of hydrogen-bond donors (Lipinski definition) is 4. The van der Waals surface area contributed by atoms with Crippen molar-refractivity contribution in [2.45, 2.75) is 24.4 Å². The standard InChI is InChI=1S/C8H12BrNO5/c1-15-8(14)10-5-3(9)2-4(11)6(12)7(5)13/h2,4-7,11-13H,1H3,(H,10,14)/t4-,5-,6-,7+/m1/s1. The van der Waals surface area contributed by atoms with Crippen LogP contribution in [0, 0.1) is 0 Å². The number of carbonyl (C=O) groups is 1. The monoisotopic (exact) mass is 281 g/mol. The molecule has 0 radical (unpaired) electrons. The van der Waals surface area contributed by atoms with Crippen LogP contribution in [0.15, 0.2) is 10.6 Å². The molecule has 0 heterocycles. The Labute approximate surface area is 94.7 Å². The second kappa shape index (κ2) is 4.93. The number of hydrogen-bond acceptors (Lipinski definition) is 5. The van der Waals surface area contributed by atoms with Crippen molar-refractivity contribution in [2.75, 3.05) is 7.11 Å². The fourth-order valence-corrected chi connectivity index (χ4v) is 1.92. The maximum Gasteiger partial charge on any atom is 0.407 e. The van der Waals surface area contributed by atoms with E-state index in [-0.39, 0.29) is 0 Å². The Hall–Kier alpha value is -0.630. The van der Waals surface area contributed by atoms with Crippen LogP contribution in [0.25, 0.3) is 0 Å². The van der Waals surface area contributed by atoms with Crippen LogP contribution in [-0.4, -0.2) is 52.9 Å². The minimum Gasteiger partial charge on any atom is -0.453 e. The number of aliphatic hydroxyl groups is 3. The average molecular weight is 282 g/mol. The van der Waals surface area contributed by atoms with Crippen LogP contribution in [0.3, 0.4) is 0 Å². The predicted octanol–water partition coefficient (Wildman–Crippen LogP) is -0.914. The van der Waals surface area contributed by atoms with Crippen LogP contribution in [0.2, 0.25) is 0 Å². The van der Waals surface area contributed by atoms with Crippen LogP contribution in [0.1, 0.15) is 0 Å². The van der Waals surface area contributed by atoms with Gasteiger partial charge in [0.2, 0.25) is 0 Å². The summed E-state index contributed by atoms with van der Waals surface area (Å²) < 4.78 is 4.75. The zero-order valence-corrected chi connectivity index (χ0v) is 9.51. The molecule has 0 aromatic heterocycles. The zero-order valence-electron chi connectivity index (χ0n) is 7.92. The summed E-state index contributed by atoms with van der Waals surface area (Å²) in [5.74, 6) is 0. The third-order valence-corrected chi connectivity index (χ3v) is 2.88. The van der Waals surface area contributed by atoms with Gasteiger partial charge in [0.1, 0.15) is 18.3 Å². The van der Waals surface area contributed by atoms with E-state index >= 15 is 0 Å². The fourth-order valence-electron chi connectivity index (χ4n) is 1.27. The number of halogens is 1. The number of alkyl carbamates (subject to hydrolysis) is 1. The summed E-state index contributed by atoms with van der Waals surface area (Å²) in [7, 11) is 1.19. The van der Waals surface area contributed by atoms with Crippen molar-refractivity contribution >= 4 is 22.0 Å². The van der Waals surface area contributed by atoms with E-state index in [1.165, 1.54) is 13.2 Å². The minimum atomic E-state index is -1.34. The Bertz CT molecular complexity index is 282. The van der Waals surface area contributed by atoms with Gasteiger partial charge in [-0.3, -0.25) is 0 Å². The normalized spacial score (nSPS) is 35.7. The number of carbonyl (C=O) groups excluding carboxylic acids is 1. The largest absolute Gasteiger partial charge is 0.453 e. The highest BCUT2D eigenvalue weighted by Gasteiger charge is 2.37. The van der Waals surface area contributed by atoms with E-state index < -0.39 is 30.4 Å². The number of amides is 1. The Morgan fingerprint density at radius 2 is 2.07 bits per heavy atom. The van der Waals surface area contributed by atoms with Gasteiger partial charge in [-0.1, -0.05) is 15.9 Å². The van der Waals surface area contributed by atoms with Crippen molar-refractivity contribution in [3.05, 3.63) is 10.6 Å². The lowest BCUT2D eigenvalue weighted by Gasteiger charge is -2.33. The van der Waals surface area contributed by atoms with Gasteiger partial charge in [0.05, 0.1) is 13.2 Å². The third kappa shape index (κ3) is 2.69. The van der Waals surface area contributed by atoms with E-state index in [0.717, 1.165) is 0 Å². The first-order valence-corrected chi connectivity index (χ1v) is 5.02. The van der Waals surface area contributed by atoms with Crippen molar-refractivity contribution in [3.63, 3.8) is 0 Å². The van der Waals surface area contributed by atoms with Crippen LogP contribution < -0.4 is 5.32 Å². The van der Waals surface area contributed by atoms with Crippen LogP contribution in [0.4, 0.5) is 4.79 Å². The van der Waals surface area contributed by atoms with E-state index in [0.29, 0.717) is 4.48 Å². The van der Waals surface area contributed by atoms with Crippen molar-refractivity contribution in [1.29, 1.82) is 0 Å². The fraction of sp³-hybridized carbons (Fsp3) is 0.625. The molecule has 4 N–H and O–H groups in total. The van der Waals surface area contributed by atoms with Crippen LogP contribution in [0.5, 0.6) is 0 Å². The molecule has 0 fully saturated rings. The number of ether oxygens (including phenoxy) is 1. The minimum absolute atomic E-state index is 0.387. The zero-order chi connectivity index (χ0) is 11.6. The second-order valence-electron chi connectivity index (χ2n) is 3.14. The number of rotatable bonds is 1. The molecule has 0 saturated carbocycles. The van der Waals surface area contributed by atoms with Gasteiger partial charge in [0.15, 0.2) is 0 Å². The molecular weight excluding hydrogens is 270 g/mol. The Morgan fingerprint density at radius 3 is 2.60 bits per heavy atom. The molecule has 1 amide bonds.